The number of hydrogen-bond donors (Lipinski definition) is 0. The van der Waals surface area contributed by atoms with Crippen molar-refractivity contribution in [2.45, 2.75) is 52.8 Å². The van der Waals surface area contributed by atoms with Crippen LogP contribution in [0.1, 0.15) is 45.0 Å². The van der Waals surface area contributed by atoms with Crippen molar-refractivity contribution in [2.24, 2.45) is 7.05 Å². The van der Waals surface area contributed by atoms with Crippen LogP contribution in [0.25, 0.3) is 23.3 Å². The highest BCUT2D eigenvalue weighted by Crippen LogP contribution is 2.21. The van der Waals surface area contributed by atoms with E-state index in [0.717, 1.165) is 37.2 Å². The molecule has 1 amide bonds. The standard InChI is InChI=1S/C25H31N5O4/c1-5-29-23-22(24(32)30(6-2)25(29)33)27(4)21(26-23)12-9-18-7-10-19(11-8-18)34-20-13-15-28(16-14-20)17(3)31/h7-12,20H,5-6,13-16H2,1-4H3/b12-9+. The van der Waals surface area contributed by atoms with Crippen molar-refractivity contribution in [3.05, 3.63) is 56.5 Å². The Kier molecular flexibility index (Phi) is 6.72. The van der Waals surface area contributed by atoms with E-state index in [9.17, 15) is 14.4 Å². The summed E-state index contributed by atoms with van der Waals surface area (Å²) in [4.78, 5) is 43.4. The van der Waals surface area contributed by atoms with E-state index in [1.54, 1.807) is 25.5 Å². The minimum Gasteiger partial charge on any atom is -0.490 e. The zero-order valence-electron chi connectivity index (χ0n) is 20.2. The Labute approximate surface area is 197 Å². The summed E-state index contributed by atoms with van der Waals surface area (Å²) in [5.41, 5.74) is 1.13. The average Bonchev–Trinajstić information content (AvgIpc) is 3.15. The average molecular weight is 466 g/mol. The van der Waals surface area contributed by atoms with Crippen LogP contribution in [0.3, 0.4) is 0 Å². The molecule has 1 fully saturated rings. The lowest BCUT2D eigenvalue weighted by atomic mass is 10.1. The first-order chi connectivity index (χ1) is 16.3. The topological polar surface area (TPSA) is 91.4 Å². The van der Waals surface area contributed by atoms with E-state index in [1.165, 1.54) is 9.13 Å². The molecule has 1 aromatic carbocycles. The molecular weight excluding hydrogens is 434 g/mol. The maximum Gasteiger partial charge on any atom is 0.332 e. The minimum absolute atomic E-state index is 0.111. The Morgan fingerprint density at radius 2 is 1.71 bits per heavy atom. The first-order valence-electron chi connectivity index (χ1n) is 11.7. The van der Waals surface area contributed by atoms with Gasteiger partial charge in [0.15, 0.2) is 11.2 Å². The molecule has 9 heteroatoms. The van der Waals surface area contributed by atoms with Crippen molar-refractivity contribution < 1.29 is 9.53 Å². The molecule has 1 aliphatic heterocycles. The number of fused-ring (bicyclic) bond motifs is 1. The molecule has 180 valence electrons. The minimum atomic E-state index is -0.335. The Hall–Kier alpha value is -3.62. The number of aromatic nitrogens is 4. The Balaban J connectivity index is 1.52. The molecule has 0 radical (unpaired) electrons. The first-order valence-corrected chi connectivity index (χ1v) is 11.7. The van der Waals surface area contributed by atoms with Crippen LogP contribution in [0.2, 0.25) is 0 Å². The zero-order chi connectivity index (χ0) is 24.4. The number of ether oxygens (including phenoxy) is 1. The molecule has 3 aromatic rings. The van der Waals surface area contributed by atoms with Gasteiger partial charge in [-0.2, -0.15) is 0 Å². The van der Waals surface area contributed by atoms with Crippen LogP contribution in [-0.2, 0) is 24.9 Å². The number of piperidine rings is 1. The molecule has 9 nitrogen and oxygen atoms in total. The molecule has 0 atom stereocenters. The molecule has 4 rings (SSSR count). The van der Waals surface area contributed by atoms with Gasteiger partial charge in [-0.15, -0.1) is 0 Å². The van der Waals surface area contributed by atoms with E-state index < -0.39 is 0 Å². The smallest absolute Gasteiger partial charge is 0.332 e. The Morgan fingerprint density at radius 3 is 2.29 bits per heavy atom. The van der Waals surface area contributed by atoms with E-state index in [1.807, 2.05) is 48.2 Å². The van der Waals surface area contributed by atoms with E-state index in [0.29, 0.717) is 30.1 Å². The molecule has 2 aromatic heterocycles. The predicted molar refractivity (Wildman–Crippen MR) is 132 cm³/mol. The van der Waals surface area contributed by atoms with Crippen LogP contribution in [0.4, 0.5) is 0 Å². The normalized spacial score (nSPS) is 14.9. The number of nitrogens with zero attached hydrogens (tertiary/aromatic N) is 5. The van der Waals surface area contributed by atoms with Crippen LogP contribution < -0.4 is 16.0 Å². The summed E-state index contributed by atoms with van der Waals surface area (Å²) in [6, 6.07) is 7.79. The van der Waals surface area contributed by atoms with Crippen LogP contribution in [0.15, 0.2) is 33.9 Å². The van der Waals surface area contributed by atoms with Gasteiger partial charge in [0.2, 0.25) is 5.91 Å². The van der Waals surface area contributed by atoms with E-state index in [-0.39, 0.29) is 23.3 Å². The molecule has 0 aliphatic carbocycles. The van der Waals surface area contributed by atoms with E-state index in [2.05, 4.69) is 4.98 Å². The highest BCUT2D eigenvalue weighted by atomic mass is 16.5. The van der Waals surface area contributed by atoms with Gasteiger partial charge in [0.25, 0.3) is 5.56 Å². The van der Waals surface area contributed by atoms with Crippen molar-refractivity contribution in [1.82, 2.24) is 23.6 Å². The largest absolute Gasteiger partial charge is 0.490 e. The Bertz CT molecular complexity index is 1340. The molecule has 0 unspecified atom stereocenters. The fourth-order valence-electron chi connectivity index (χ4n) is 4.40. The van der Waals surface area contributed by atoms with Crippen molar-refractivity contribution in [2.75, 3.05) is 13.1 Å². The second kappa shape index (κ2) is 9.70. The summed E-state index contributed by atoms with van der Waals surface area (Å²) < 4.78 is 10.6. The second-order valence-electron chi connectivity index (χ2n) is 8.50. The highest BCUT2D eigenvalue weighted by Gasteiger charge is 2.22. The van der Waals surface area contributed by atoms with Gasteiger partial charge >= 0.3 is 5.69 Å². The van der Waals surface area contributed by atoms with Crippen molar-refractivity contribution in [3.63, 3.8) is 0 Å². The number of carbonyl (C=O) groups is 1. The van der Waals surface area contributed by atoms with Gasteiger partial charge in [0.05, 0.1) is 0 Å². The van der Waals surface area contributed by atoms with E-state index >= 15 is 0 Å². The van der Waals surface area contributed by atoms with Crippen LogP contribution in [0.5, 0.6) is 5.75 Å². The van der Waals surface area contributed by atoms with Crippen LogP contribution >= 0.6 is 0 Å². The molecule has 1 aliphatic rings. The summed E-state index contributed by atoms with van der Waals surface area (Å²) in [5, 5.41) is 0. The van der Waals surface area contributed by atoms with Gasteiger partial charge in [-0.05, 0) is 37.6 Å². The maximum absolute atomic E-state index is 12.8. The highest BCUT2D eigenvalue weighted by molar-refractivity contribution is 5.76. The number of benzene rings is 1. The summed E-state index contributed by atoms with van der Waals surface area (Å²) in [5.74, 6) is 1.51. The maximum atomic E-state index is 12.8. The molecule has 1 saturated heterocycles. The van der Waals surface area contributed by atoms with Crippen molar-refractivity contribution in [3.8, 4) is 5.75 Å². The van der Waals surface area contributed by atoms with Crippen LogP contribution in [0, 0.1) is 0 Å². The number of rotatable bonds is 6. The molecule has 0 bridgehead atoms. The number of amides is 1. The number of hydrogen-bond acceptors (Lipinski definition) is 5. The molecule has 0 N–H and O–H groups in total. The predicted octanol–water partition coefficient (Wildman–Crippen LogP) is 2.50. The van der Waals surface area contributed by atoms with Crippen molar-refractivity contribution >= 4 is 29.2 Å². The van der Waals surface area contributed by atoms with Gasteiger partial charge in [-0.3, -0.25) is 18.7 Å². The fourth-order valence-corrected chi connectivity index (χ4v) is 4.40. The lowest BCUT2D eigenvalue weighted by molar-refractivity contribution is -0.130. The summed E-state index contributed by atoms with van der Waals surface area (Å²) in [6.07, 6.45) is 5.53. The lowest BCUT2D eigenvalue weighted by Gasteiger charge is -2.31. The number of likely N-dealkylation sites (tertiary alicyclic amines) is 1. The molecule has 0 spiro atoms. The van der Waals surface area contributed by atoms with Gasteiger partial charge in [-0.1, -0.05) is 18.2 Å². The van der Waals surface area contributed by atoms with Crippen molar-refractivity contribution in [1.29, 1.82) is 0 Å². The van der Waals surface area contributed by atoms with Gasteiger partial charge in [-0.25, -0.2) is 9.78 Å². The zero-order valence-corrected chi connectivity index (χ0v) is 20.2. The monoisotopic (exact) mass is 465 g/mol. The SMILES string of the molecule is CCn1c(=O)c2c(nc(/C=C/c3ccc(OC4CCN(C(C)=O)CC4)cc3)n2C)n(CC)c1=O. The second-order valence-corrected chi connectivity index (χ2v) is 8.50. The Morgan fingerprint density at radius 1 is 1.06 bits per heavy atom. The molecule has 0 saturated carbocycles. The molecule has 3 heterocycles. The summed E-state index contributed by atoms with van der Waals surface area (Å²) >= 11 is 0. The van der Waals surface area contributed by atoms with Crippen LogP contribution in [-0.4, -0.2) is 48.7 Å². The summed E-state index contributed by atoms with van der Waals surface area (Å²) in [7, 11) is 1.79. The fraction of sp³-hybridized carbons (Fsp3) is 0.440. The molecule has 34 heavy (non-hydrogen) atoms. The van der Waals surface area contributed by atoms with Gasteiger partial charge in [0, 0.05) is 53.0 Å². The lowest BCUT2D eigenvalue weighted by Crippen LogP contribution is -2.40. The summed E-state index contributed by atoms with van der Waals surface area (Å²) in [6.45, 7) is 7.46. The first kappa shape index (κ1) is 23.5. The van der Waals surface area contributed by atoms with Gasteiger partial charge in [0.1, 0.15) is 17.7 Å². The number of carbonyl (C=O) groups excluding carboxylic acids is 1. The number of aryl methyl sites for hydroxylation is 2. The third kappa shape index (κ3) is 4.42. The third-order valence-electron chi connectivity index (χ3n) is 6.40. The quantitative estimate of drug-likeness (QED) is 0.558. The molecular formula is C25H31N5O4. The third-order valence-corrected chi connectivity index (χ3v) is 6.40. The number of imidazole rings is 1. The van der Waals surface area contributed by atoms with E-state index in [4.69, 9.17) is 4.74 Å². The van der Waals surface area contributed by atoms with Gasteiger partial charge < -0.3 is 14.2 Å².